The first-order chi connectivity index (χ1) is 6.45. The summed E-state index contributed by atoms with van der Waals surface area (Å²) in [7, 11) is 1.66. The Morgan fingerprint density at radius 3 is 2.00 bits per heavy atom. The van der Waals surface area contributed by atoms with E-state index in [0.29, 0.717) is 0 Å². The highest BCUT2D eigenvalue weighted by atomic mass is 16.3. The summed E-state index contributed by atoms with van der Waals surface area (Å²) in [6, 6.07) is -0.537. The quantitative estimate of drug-likeness (QED) is 0.725. The minimum absolute atomic E-state index is 0.135. The Kier molecular flexibility index (Phi) is 4.31. The molecule has 0 saturated heterocycles. The van der Waals surface area contributed by atoms with Crippen LogP contribution in [0.25, 0.3) is 0 Å². The number of amides is 1. The standard InChI is InChI=1S/C11H24N2O2/c1-10(2,3)8(12)9(14)13(6)7-11(4,5)15/h8,15H,7,12H2,1-6H3. The van der Waals surface area contributed by atoms with Gasteiger partial charge in [-0.25, -0.2) is 0 Å². The lowest BCUT2D eigenvalue weighted by molar-refractivity contribution is -0.136. The van der Waals surface area contributed by atoms with Gasteiger partial charge in [0.2, 0.25) is 5.91 Å². The van der Waals surface area contributed by atoms with E-state index in [1.165, 1.54) is 4.90 Å². The van der Waals surface area contributed by atoms with Gasteiger partial charge in [-0.3, -0.25) is 4.79 Å². The molecule has 3 N–H and O–H groups in total. The van der Waals surface area contributed by atoms with E-state index in [1.54, 1.807) is 20.9 Å². The topological polar surface area (TPSA) is 66.6 Å². The number of aliphatic hydroxyl groups is 1. The van der Waals surface area contributed by atoms with Crippen molar-refractivity contribution in [3.8, 4) is 0 Å². The van der Waals surface area contributed by atoms with Gasteiger partial charge in [0.25, 0.3) is 0 Å². The number of nitrogens with two attached hydrogens (primary N) is 1. The molecule has 1 unspecified atom stereocenters. The molecule has 0 aromatic carbocycles. The molecular weight excluding hydrogens is 192 g/mol. The largest absolute Gasteiger partial charge is 0.389 e. The van der Waals surface area contributed by atoms with E-state index in [2.05, 4.69) is 0 Å². The van der Waals surface area contributed by atoms with Crippen molar-refractivity contribution in [2.75, 3.05) is 13.6 Å². The van der Waals surface area contributed by atoms with Crippen molar-refractivity contribution in [2.45, 2.75) is 46.3 Å². The van der Waals surface area contributed by atoms with Gasteiger partial charge in [0.05, 0.1) is 11.6 Å². The summed E-state index contributed by atoms with van der Waals surface area (Å²) in [4.78, 5) is 13.3. The van der Waals surface area contributed by atoms with Gasteiger partial charge >= 0.3 is 0 Å². The summed E-state index contributed by atoms with van der Waals surface area (Å²) in [5.74, 6) is -0.135. The third-order valence-electron chi connectivity index (χ3n) is 2.20. The summed E-state index contributed by atoms with van der Waals surface area (Å²) in [5.41, 5.74) is 4.70. The Morgan fingerprint density at radius 2 is 1.73 bits per heavy atom. The minimum Gasteiger partial charge on any atom is -0.389 e. The van der Waals surface area contributed by atoms with Crippen LogP contribution in [0.1, 0.15) is 34.6 Å². The minimum atomic E-state index is -0.887. The molecule has 0 aliphatic heterocycles. The molecule has 1 amide bonds. The third-order valence-corrected chi connectivity index (χ3v) is 2.20. The Bertz CT molecular complexity index is 226. The molecule has 4 heteroatoms. The van der Waals surface area contributed by atoms with Gasteiger partial charge in [-0.2, -0.15) is 0 Å². The van der Waals surface area contributed by atoms with E-state index in [0.717, 1.165) is 0 Å². The van der Waals surface area contributed by atoms with Crippen molar-refractivity contribution in [1.29, 1.82) is 0 Å². The first-order valence-electron chi connectivity index (χ1n) is 5.18. The first kappa shape index (κ1) is 14.4. The molecular formula is C11H24N2O2. The van der Waals surface area contributed by atoms with E-state index < -0.39 is 11.6 Å². The Morgan fingerprint density at radius 1 is 1.33 bits per heavy atom. The second kappa shape index (κ2) is 4.49. The van der Waals surface area contributed by atoms with Gasteiger partial charge < -0.3 is 15.7 Å². The zero-order chi connectivity index (χ0) is 12.4. The molecule has 15 heavy (non-hydrogen) atoms. The van der Waals surface area contributed by atoms with Crippen LogP contribution in [0.15, 0.2) is 0 Å². The van der Waals surface area contributed by atoms with Crippen LogP contribution in [0, 0.1) is 5.41 Å². The summed E-state index contributed by atoms with van der Waals surface area (Å²) in [5, 5.41) is 9.59. The summed E-state index contributed by atoms with van der Waals surface area (Å²) >= 11 is 0. The highest BCUT2D eigenvalue weighted by molar-refractivity contribution is 5.82. The SMILES string of the molecule is CN(CC(C)(C)O)C(=O)C(N)C(C)(C)C. The van der Waals surface area contributed by atoms with Crippen molar-refractivity contribution in [1.82, 2.24) is 4.90 Å². The van der Waals surface area contributed by atoms with Crippen LogP contribution in [0.5, 0.6) is 0 Å². The van der Waals surface area contributed by atoms with Crippen LogP contribution in [0.2, 0.25) is 0 Å². The smallest absolute Gasteiger partial charge is 0.239 e. The normalized spacial score (nSPS) is 14.9. The molecule has 0 heterocycles. The number of hydrogen-bond donors (Lipinski definition) is 2. The van der Waals surface area contributed by atoms with Crippen molar-refractivity contribution in [3.05, 3.63) is 0 Å². The zero-order valence-corrected chi connectivity index (χ0v) is 10.7. The van der Waals surface area contributed by atoms with Crippen molar-refractivity contribution in [3.63, 3.8) is 0 Å². The van der Waals surface area contributed by atoms with Crippen LogP contribution >= 0.6 is 0 Å². The average Bonchev–Trinajstić information content (AvgIpc) is 1.96. The monoisotopic (exact) mass is 216 g/mol. The molecule has 0 aliphatic rings. The van der Waals surface area contributed by atoms with Crippen LogP contribution in [0.3, 0.4) is 0 Å². The van der Waals surface area contributed by atoms with E-state index >= 15 is 0 Å². The molecule has 0 aromatic heterocycles. The Labute approximate surface area is 92.4 Å². The summed E-state index contributed by atoms with van der Waals surface area (Å²) in [6.07, 6.45) is 0. The Hall–Kier alpha value is -0.610. The first-order valence-corrected chi connectivity index (χ1v) is 5.18. The second-order valence-corrected chi connectivity index (χ2v) is 5.85. The average molecular weight is 216 g/mol. The van der Waals surface area contributed by atoms with Gasteiger partial charge in [0.1, 0.15) is 0 Å². The Balaban J connectivity index is 4.47. The molecule has 0 saturated carbocycles. The number of carbonyl (C=O) groups excluding carboxylic acids is 1. The zero-order valence-electron chi connectivity index (χ0n) is 10.7. The van der Waals surface area contributed by atoms with Crippen molar-refractivity contribution < 1.29 is 9.90 Å². The predicted octanol–water partition coefficient (Wildman–Crippen LogP) is 0.589. The van der Waals surface area contributed by atoms with Crippen LogP contribution in [0.4, 0.5) is 0 Å². The van der Waals surface area contributed by atoms with E-state index in [4.69, 9.17) is 5.73 Å². The number of carbonyl (C=O) groups is 1. The highest BCUT2D eigenvalue weighted by Gasteiger charge is 2.31. The number of likely N-dealkylation sites (N-methyl/N-ethyl adjacent to an activating group) is 1. The highest BCUT2D eigenvalue weighted by Crippen LogP contribution is 2.19. The molecule has 0 rings (SSSR count). The number of hydrogen-bond acceptors (Lipinski definition) is 3. The number of rotatable bonds is 3. The molecule has 0 radical (unpaired) electrons. The summed E-state index contributed by atoms with van der Waals surface area (Å²) < 4.78 is 0. The molecule has 4 nitrogen and oxygen atoms in total. The van der Waals surface area contributed by atoms with Crippen LogP contribution < -0.4 is 5.73 Å². The van der Waals surface area contributed by atoms with Gasteiger partial charge in [0.15, 0.2) is 0 Å². The maximum Gasteiger partial charge on any atom is 0.239 e. The lowest BCUT2D eigenvalue weighted by atomic mass is 9.86. The third kappa shape index (κ3) is 5.14. The van der Waals surface area contributed by atoms with Crippen LogP contribution in [-0.4, -0.2) is 41.1 Å². The molecule has 0 aromatic rings. The summed E-state index contributed by atoms with van der Waals surface area (Å²) in [6.45, 7) is 9.39. The molecule has 0 aliphatic carbocycles. The maximum absolute atomic E-state index is 11.9. The predicted molar refractivity (Wildman–Crippen MR) is 61.4 cm³/mol. The fourth-order valence-corrected chi connectivity index (χ4v) is 1.27. The second-order valence-electron chi connectivity index (χ2n) is 5.85. The van der Waals surface area contributed by atoms with Crippen molar-refractivity contribution in [2.24, 2.45) is 11.1 Å². The van der Waals surface area contributed by atoms with E-state index in [9.17, 15) is 9.90 Å². The number of nitrogens with zero attached hydrogens (tertiary/aromatic N) is 1. The molecule has 0 spiro atoms. The van der Waals surface area contributed by atoms with E-state index in [-0.39, 0.29) is 17.9 Å². The van der Waals surface area contributed by atoms with Crippen LogP contribution in [-0.2, 0) is 4.79 Å². The molecule has 0 bridgehead atoms. The lowest BCUT2D eigenvalue weighted by Crippen LogP contribution is -2.52. The molecule has 90 valence electrons. The van der Waals surface area contributed by atoms with Gasteiger partial charge in [-0.05, 0) is 19.3 Å². The van der Waals surface area contributed by atoms with Gasteiger partial charge in [0, 0.05) is 13.6 Å². The fraction of sp³-hybridized carbons (Fsp3) is 0.909. The molecule has 1 atom stereocenters. The maximum atomic E-state index is 11.9. The van der Waals surface area contributed by atoms with Gasteiger partial charge in [-0.1, -0.05) is 20.8 Å². The fourth-order valence-electron chi connectivity index (χ4n) is 1.27. The van der Waals surface area contributed by atoms with Gasteiger partial charge in [-0.15, -0.1) is 0 Å². The van der Waals surface area contributed by atoms with Crippen molar-refractivity contribution >= 4 is 5.91 Å². The molecule has 0 fully saturated rings. The lowest BCUT2D eigenvalue weighted by Gasteiger charge is -2.32. The van der Waals surface area contributed by atoms with E-state index in [1.807, 2.05) is 20.8 Å².